The average molecular weight is 360 g/mol. The summed E-state index contributed by atoms with van der Waals surface area (Å²) in [6, 6.07) is 5.61. The van der Waals surface area contributed by atoms with Crippen LogP contribution >= 0.6 is 23.2 Å². The summed E-state index contributed by atoms with van der Waals surface area (Å²) >= 11 is 11.5. The van der Waals surface area contributed by atoms with Crippen molar-refractivity contribution < 1.29 is 13.2 Å². The van der Waals surface area contributed by atoms with E-state index in [0.717, 1.165) is 0 Å². The van der Waals surface area contributed by atoms with Crippen molar-refractivity contribution in [1.29, 1.82) is 0 Å². The van der Waals surface area contributed by atoms with Gasteiger partial charge in [-0.15, -0.1) is 0 Å². The van der Waals surface area contributed by atoms with E-state index in [2.05, 4.69) is 15.3 Å². The Morgan fingerprint density at radius 1 is 1.14 bits per heavy atom. The van der Waals surface area contributed by atoms with Crippen LogP contribution in [-0.2, 0) is 14.6 Å². The minimum atomic E-state index is -3.63. The van der Waals surface area contributed by atoms with Crippen LogP contribution in [0.2, 0.25) is 10.0 Å². The monoisotopic (exact) mass is 359 g/mol. The van der Waals surface area contributed by atoms with Crippen LogP contribution in [0.5, 0.6) is 0 Å². The van der Waals surface area contributed by atoms with Gasteiger partial charge in [-0.05, 0) is 24.3 Å². The number of halogens is 2. The number of rotatable bonds is 5. The standard InChI is InChI=1S/C13H11Cl2N3O3S/c14-10-3-2-9(8-11(10)15)22(20,21)7-4-12(19)18-13-16-5-1-6-17-13/h1-3,5-6,8H,4,7H2,(H,16,17,18,19). The lowest BCUT2D eigenvalue weighted by molar-refractivity contribution is -0.115. The molecule has 22 heavy (non-hydrogen) atoms. The molecule has 2 rings (SSSR count). The van der Waals surface area contributed by atoms with E-state index < -0.39 is 15.7 Å². The van der Waals surface area contributed by atoms with Gasteiger partial charge in [-0.2, -0.15) is 0 Å². The number of carbonyl (C=O) groups excluding carboxylic acids is 1. The first-order valence-electron chi connectivity index (χ1n) is 6.13. The SMILES string of the molecule is O=C(CCS(=O)(=O)c1ccc(Cl)c(Cl)c1)Nc1ncccn1. The van der Waals surface area contributed by atoms with Gasteiger partial charge in [0.1, 0.15) is 0 Å². The molecule has 1 aromatic heterocycles. The molecule has 1 aromatic carbocycles. The zero-order valence-corrected chi connectivity index (χ0v) is 13.5. The van der Waals surface area contributed by atoms with Crippen molar-refractivity contribution in [1.82, 2.24) is 9.97 Å². The van der Waals surface area contributed by atoms with Gasteiger partial charge in [0.2, 0.25) is 11.9 Å². The summed E-state index contributed by atoms with van der Waals surface area (Å²) < 4.78 is 24.3. The van der Waals surface area contributed by atoms with Gasteiger partial charge >= 0.3 is 0 Å². The molecule has 0 bridgehead atoms. The van der Waals surface area contributed by atoms with Gasteiger partial charge in [0, 0.05) is 18.8 Å². The minimum absolute atomic E-state index is 0.0191. The molecule has 1 N–H and O–H groups in total. The van der Waals surface area contributed by atoms with Gasteiger partial charge in [0.25, 0.3) is 0 Å². The highest BCUT2D eigenvalue weighted by Gasteiger charge is 2.18. The molecular formula is C13H11Cl2N3O3S. The molecule has 0 spiro atoms. The molecule has 9 heteroatoms. The number of nitrogens with one attached hydrogen (secondary N) is 1. The van der Waals surface area contributed by atoms with Gasteiger partial charge in [-0.3, -0.25) is 10.1 Å². The first-order valence-corrected chi connectivity index (χ1v) is 8.54. The molecule has 1 heterocycles. The maximum absolute atomic E-state index is 12.1. The van der Waals surface area contributed by atoms with Crippen molar-refractivity contribution in [2.75, 3.05) is 11.1 Å². The van der Waals surface area contributed by atoms with E-state index in [9.17, 15) is 13.2 Å². The molecule has 0 aliphatic rings. The zero-order chi connectivity index (χ0) is 16.2. The quantitative estimate of drug-likeness (QED) is 0.885. The van der Waals surface area contributed by atoms with Gasteiger partial charge < -0.3 is 0 Å². The average Bonchev–Trinajstić information content (AvgIpc) is 2.49. The second-order valence-electron chi connectivity index (χ2n) is 4.27. The van der Waals surface area contributed by atoms with Crippen LogP contribution in [0.15, 0.2) is 41.6 Å². The topological polar surface area (TPSA) is 89.0 Å². The normalized spacial score (nSPS) is 11.2. The van der Waals surface area contributed by atoms with Crippen molar-refractivity contribution in [2.24, 2.45) is 0 Å². The Balaban J connectivity index is 2.00. The molecule has 6 nitrogen and oxygen atoms in total. The van der Waals surface area contributed by atoms with Crippen LogP contribution in [0.1, 0.15) is 6.42 Å². The fourth-order valence-electron chi connectivity index (χ4n) is 1.57. The largest absolute Gasteiger partial charge is 0.295 e. The molecule has 0 atom stereocenters. The third-order valence-electron chi connectivity index (χ3n) is 2.67. The first-order chi connectivity index (χ1) is 10.4. The van der Waals surface area contributed by atoms with Crippen LogP contribution in [0.25, 0.3) is 0 Å². The van der Waals surface area contributed by atoms with Gasteiger partial charge in [0.15, 0.2) is 9.84 Å². The summed E-state index contributed by atoms with van der Waals surface area (Å²) in [6.45, 7) is 0. The summed E-state index contributed by atoms with van der Waals surface area (Å²) in [6.07, 6.45) is 2.71. The number of hydrogen-bond acceptors (Lipinski definition) is 5. The van der Waals surface area contributed by atoms with Gasteiger partial charge in [-0.1, -0.05) is 23.2 Å². The summed E-state index contributed by atoms with van der Waals surface area (Å²) in [5, 5.41) is 2.82. The fourth-order valence-corrected chi connectivity index (χ4v) is 3.19. The minimum Gasteiger partial charge on any atom is -0.295 e. The molecule has 2 aromatic rings. The van der Waals surface area contributed by atoms with Crippen LogP contribution < -0.4 is 5.32 Å². The molecule has 116 valence electrons. The second-order valence-corrected chi connectivity index (χ2v) is 7.19. The highest BCUT2D eigenvalue weighted by Crippen LogP contribution is 2.25. The van der Waals surface area contributed by atoms with E-state index in [1.165, 1.54) is 30.6 Å². The number of hydrogen-bond donors (Lipinski definition) is 1. The lowest BCUT2D eigenvalue weighted by Gasteiger charge is -2.06. The highest BCUT2D eigenvalue weighted by molar-refractivity contribution is 7.91. The Morgan fingerprint density at radius 2 is 1.82 bits per heavy atom. The van der Waals surface area contributed by atoms with Crippen molar-refractivity contribution in [2.45, 2.75) is 11.3 Å². The van der Waals surface area contributed by atoms with Crippen molar-refractivity contribution >= 4 is 44.9 Å². The van der Waals surface area contributed by atoms with Crippen LogP contribution in [0.3, 0.4) is 0 Å². The van der Waals surface area contributed by atoms with Crippen molar-refractivity contribution in [3.63, 3.8) is 0 Å². The van der Waals surface area contributed by atoms with Gasteiger partial charge in [-0.25, -0.2) is 18.4 Å². The highest BCUT2D eigenvalue weighted by atomic mass is 35.5. The number of nitrogens with zero attached hydrogens (tertiary/aromatic N) is 2. The molecule has 0 unspecified atom stereocenters. The zero-order valence-electron chi connectivity index (χ0n) is 11.2. The van der Waals surface area contributed by atoms with E-state index >= 15 is 0 Å². The number of carbonyl (C=O) groups is 1. The summed E-state index contributed by atoms with van der Waals surface area (Å²) in [5.74, 6) is -0.724. The van der Waals surface area contributed by atoms with Crippen molar-refractivity contribution in [3.8, 4) is 0 Å². The number of aromatic nitrogens is 2. The Morgan fingerprint density at radius 3 is 2.45 bits per heavy atom. The summed E-state index contributed by atoms with van der Waals surface area (Å²) in [4.78, 5) is 19.4. The predicted molar refractivity (Wildman–Crippen MR) is 83.8 cm³/mol. The van der Waals surface area contributed by atoms with Crippen LogP contribution in [0, 0.1) is 0 Å². The fraction of sp³-hybridized carbons (Fsp3) is 0.154. The number of amides is 1. The van der Waals surface area contributed by atoms with E-state index in [0.29, 0.717) is 0 Å². The lowest BCUT2D eigenvalue weighted by atomic mass is 10.4. The third kappa shape index (κ3) is 4.40. The Kier molecular flexibility index (Phi) is 5.33. The molecule has 0 saturated carbocycles. The van der Waals surface area contributed by atoms with E-state index in [-0.39, 0.29) is 33.1 Å². The number of sulfone groups is 1. The van der Waals surface area contributed by atoms with Crippen LogP contribution in [0.4, 0.5) is 5.95 Å². The Labute approximate surface area is 137 Å². The van der Waals surface area contributed by atoms with E-state index in [1.807, 2.05) is 0 Å². The number of benzene rings is 1. The summed E-state index contributed by atoms with van der Waals surface area (Å²) in [7, 11) is -3.63. The first kappa shape index (κ1) is 16.7. The molecular weight excluding hydrogens is 349 g/mol. The second kappa shape index (κ2) is 7.04. The van der Waals surface area contributed by atoms with Crippen LogP contribution in [-0.4, -0.2) is 30.0 Å². The van der Waals surface area contributed by atoms with Gasteiger partial charge in [0.05, 0.1) is 20.7 Å². The summed E-state index contributed by atoms with van der Waals surface area (Å²) in [5.41, 5.74) is 0. The van der Waals surface area contributed by atoms with E-state index in [1.54, 1.807) is 6.07 Å². The molecule has 0 saturated heterocycles. The third-order valence-corrected chi connectivity index (χ3v) is 5.12. The number of anilines is 1. The molecule has 0 aliphatic carbocycles. The maximum atomic E-state index is 12.1. The maximum Gasteiger partial charge on any atom is 0.229 e. The molecule has 0 fully saturated rings. The molecule has 0 radical (unpaired) electrons. The molecule has 1 amide bonds. The van der Waals surface area contributed by atoms with Crippen molar-refractivity contribution in [3.05, 3.63) is 46.7 Å². The Hall–Kier alpha value is -1.70. The predicted octanol–water partition coefficient (Wildman–Crippen LogP) is 2.59. The Bertz CT molecular complexity index is 782. The van der Waals surface area contributed by atoms with E-state index in [4.69, 9.17) is 23.2 Å². The lowest BCUT2D eigenvalue weighted by Crippen LogP contribution is -2.18. The molecule has 0 aliphatic heterocycles. The smallest absolute Gasteiger partial charge is 0.229 e.